The number of hydrazine groups is 1. The van der Waals surface area contributed by atoms with Crippen LogP contribution in [0.4, 0.5) is 11.4 Å². The average Bonchev–Trinajstić information content (AvgIpc) is 2.66. The minimum absolute atomic E-state index is 0.127. The summed E-state index contributed by atoms with van der Waals surface area (Å²) in [6, 6.07) is 23.8. The van der Waals surface area contributed by atoms with Crippen molar-refractivity contribution in [2.75, 3.05) is 10.4 Å². The molecule has 5 nitrogen and oxygen atoms in total. The van der Waals surface area contributed by atoms with Crippen molar-refractivity contribution in [1.29, 1.82) is 0 Å². The van der Waals surface area contributed by atoms with Gasteiger partial charge in [-0.3, -0.25) is 10.2 Å². The third kappa shape index (κ3) is 4.22. The van der Waals surface area contributed by atoms with Gasteiger partial charge in [-0.1, -0.05) is 42.5 Å². The minimum Gasteiger partial charge on any atom is -0.291 e. The molecule has 0 bridgehead atoms. The topological polar surface area (TPSA) is 66.5 Å². The Morgan fingerprint density at radius 2 is 1.46 bits per heavy atom. The molecular formula is C19H15ClN2O3S. The third-order valence-electron chi connectivity index (χ3n) is 3.59. The highest BCUT2D eigenvalue weighted by Crippen LogP contribution is 2.21. The van der Waals surface area contributed by atoms with Gasteiger partial charge in [-0.15, -0.1) is 0 Å². The number of benzene rings is 3. The van der Waals surface area contributed by atoms with Crippen molar-refractivity contribution >= 4 is 37.0 Å². The van der Waals surface area contributed by atoms with Crippen LogP contribution in [-0.4, -0.2) is 14.3 Å². The summed E-state index contributed by atoms with van der Waals surface area (Å²) in [5.41, 5.74) is 4.57. The highest BCUT2D eigenvalue weighted by Gasteiger charge is 2.20. The molecular weight excluding hydrogens is 372 g/mol. The van der Waals surface area contributed by atoms with Gasteiger partial charge in [-0.25, -0.2) is 13.4 Å². The van der Waals surface area contributed by atoms with E-state index in [-0.39, 0.29) is 10.5 Å². The lowest BCUT2D eigenvalue weighted by Crippen LogP contribution is -2.36. The summed E-state index contributed by atoms with van der Waals surface area (Å²) in [4.78, 5) is 12.9. The lowest BCUT2D eigenvalue weighted by atomic mass is 10.2. The van der Waals surface area contributed by atoms with Gasteiger partial charge >= 0.3 is 0 Å². The molecule has 7 heteroatoms. The fourth-order valence-electron chi connectivity index (χ4n) is 2.36. The third-order valence-corrected chi connectivity index (χ3v) is 4.95. The Balaban J connectivity index is 2.00. The molecule has 0 fully saturated rings. The monoisotopic (exact) mass is 386 g/mol. The van der Waals surface area contributed by atoms with E-state index in [1.165, 1.54) is 29.3 Å². The number of rotatable bonds is 5. The van der Waals surface area contributed by atoms with Crippen LogP contribution in [0.25, 0.3) is 0 Å². The van der Waals surface area contributed by atoms with Crippen molar-refractivity contribution < 1.29 is 13.2 Å². The van der Waals surface area contributed by atoms with Crippen molar-refractivity contribution in [2.45, 2.75) is 4.90 Å². The Labute approximate surface area is 156 Å². The van der Waals surface area contributed by atoms with Crippen molar-refractivity contribution in [3.63, 3.8) is 0 Å². The number of hydrogen-bond acceptors (Lipinski definition) is 4. The zero-order chi connectivity index (χ0) is 18.6. The van der Waals surface area contributed by atoms with Crippen LogP contribution in [0.1, 0.15) is 10.4 Å². The lowest BCUT2D eigenvalue weighted by molar-refractivity contribution is 0.0992. The van der Waals surface area contributed by atoms with Gasteiger partial charge in [0.1, 0.15) is 0 Å². The number of anilines is 2. The van der Waals surface area contributed by atoms with E-state index in [1.807, 2.05) is 48.5 Å². The maximum Gasteiger partial charge on any atom is 0.276 e. The lowest BCUT2D eigenvalue weighted by Gasteiger charge is -2.24. The SMILES string of the molecule is O=C(c1cccc(S(=O)(=O)Cl)c1)N(Nc1ccccc1)c1ccccc1. The number of amides is 1. The molecule has 0 aliphatic heterocycles. The van der Waals surface area contributed by atoms with Gasteiger partial charge in [0.15, 0.2) is 0 Å². The van der Waals surface area contributed by atoms with E-state index in [4.69, 9.17) is 10.7 Å². The van der Waals surface area contributed by atoms with E-state index in [0.717, 1.165) is 0 Å². The van der Waals surface area contributed by atoms with E-state index in [9.17, 15) is 13.2 Å². The molecule has 0 unspecified atom stereocenters. The molecule has 0 spiro atoms. The van der Waals surface area contributed by atoms with Gasteiger partial charge in [0.2, 0.25) is 0 Å². The first-order valence-electron chi connectivity index (χ1n) is 7.71. The van der Waals surface area contributed by atoms with Crippen LogP contribution < -0.4 is 10.4 Å². The van der Waals surface area contributed by atoms with E-state index >= 15 is 0 Å². The van der Waals surface area contributed by atoms with Gasteiger partial charge in [-0.2, -0.15) is 0 Å². The second-order valence-electron chi connectivity index (χ2n) is 5.42. The summed E-state index contributed by atoms with van der Waals surface area (Å²) in [7, 11) is 1.47. The normalized spacial score (nSPS) is 11.0. The summed E-state index contributed by atoms with van der Waals surface area (Å²) in [6.45, 7) is 0. The molecule has 0 aliphatic rings. The number of nitrogens with zero attached hydrogens (tertiary/aromatic N) is 1. The maximum absolute atomic E-state index is 13.1. The number of hydrogen-bond donors (Lipinski definition) is 1. The van der Waals surface area contributed by atoms with Crippen LogP contribution in [0.5, 0.6) is 0 Å². The van der Waals surface area contributed by atoms with Crippen LogP contribution >= 0.6 is 10.7 Å². The Morgan fingerprint density at radius 1 is 0.846 bits per heavy atom. The predicted octanol–water partition coefficient (Wildman–Crippen LogP) is 4.29. The van der Waals surface area contributed by atoms with E-state index < -0.39 is 15.0 Å². The number of carbonyl (C=O) groups excluding carboxylic acids is 1. The van der Waals surface area contributed by atoms with Gasteiger partial charge in [0.05, 0.1) is 16.3 Å². The Kier molecular flexibility index (Phi) is 5.25. The van der Waals surface area contributed by atoms with Crippen LogP contribution in [0.3, 0.4) is 0 Å². The molecule has 0 saturated heterocycles. The van der Waals surface area contributed by atoms with Gasteiger partial charge in [0.25, 0.3) is 15.0 Å². The molecule has 3 rings (SSSR count). The highest BCUT2D eigenvalue weighted by molar-refractivity contribution is 8.13. The Morgan fingerprint density at radius 3 is 2.08 bits per heavy atom. The summed E-state index contributed by atoms with van der Waals surface area (Å²) in [6.07, 6.45) is 0. The Bertz CT molecular complexity index is 1010. The first-order valence-corrected chi connectivity index (χ1v) is 10.0. The number of halogens is 1. The molecule has 0 atom stereocenters. The van der Waals surface area contributed by atoms with Crippen molar-refractivity contribution in [2.24, 2.45) is 0 Å². The molecule has 1 N–H and O–H groups in total. The molecule has 0 aromatic heterocycles. The summed E-state index contributed by atoms with van der Waals surface area (Å²) < 4.78 is 23.1. The molecule has 1 amide bonds. The van der Waals surface area contributed by atoms with Gasteiger partial charge < -0.3 is 0 Å². The summed E-state index contributed by atoms with van der Waals surface area (Å²) in [5, 5.41) is 1.36. The second-order valence-corrected chi connectivity index (χ2v) is 7.99. The van der Waals surface area contributed by atoms with Crippen LogP contribution in [-0.2, 0) is 9.05 Å². The predicted molar refractivity (Wildman–Crippen MR) is 103 cm³/mol. The van der Waals surface area contributed by atoms with Crippen molar-refractivity contribution in [3.8, 4) is 0 Å². The maximum atomic E-state index is 13.1. The zero-order valence-corrected chi connectivity index (χ0v) is 15.1. The largest absolute Gasteiger partial charge is 0.291 e. The van der Waals surface area contributed by atoms with Crippen LogP contribution in [0.15, 0.2) is 89.8 Å². The quantitative estimate of drug-likeness (QED) is 0.524. The molecule has 0 aliphatic carbocycles. The molecule has 3 aromatic rings. The molecule has 0 radical (unpaired) electrons. The molecule has 3 aromatic carbocycles. The van der Waals surface area contributed by atoms with Crippen molar-refractivity contribution in [1.82, 2.24) is 0 Å². The second kappa shape index (κ2) is 7.59. The van der Waals surface area contributed by atoms with E-state index in [1.54, 1.807) is 12.1 Å². The Hall–Kier alpha value is -2.83. The van der Waals surface area contributed by atoms with Crippen LogP contribution in [0.2, 0.25) is 0 Å². The zero-order valence-electron chi connectivity index (χ0n) is 13.5. The standard InChI is InChI=1S/C19H15ClN2O3S/c20-26(24,25)18-13-7-8-15(14-18)19(23)22(17-11-5-2-6-12-17)21-16-9-3-1-4-10-16/h1-14,21H. The molecule has 0 saturated carbocycles. The van der Waals surface area contributed by atoms with Crippen molar-refractivity contribution in [3.05, 3.63) is 90.5 Å². The fraction of sp³-hybridized carbons (Fsp3) is 0. The van der Waals surface area contributed by atoms with Gasteiger partial charge in [0, 0.05) is 16.2 Å². The van der Waals surface area contributed by atoms with E-state index in [2.05, 4.69) is 5.43 Å². The minimum atomic E-state index is -3.93. The summed E-state index contributed by atoms with van der Waals surface area (Å²) in [5.74, 6) is -0.415. The average molecular weight is 387 g/mol. The molecule has 132 valence electrons. The number of para-hydroxylation sites is 2. The molecule has 26 heavy (non-hydrogen) atoms. The van der Waals surface area contributed by atoms with Gasteiger partial charge in [-0.05, 0) is 42.5 Å². The smallest absolute Gasteiger partial charge is 0.276 e. The highest BCUT2D eigenvalue weighted by atomic mass is 35.7. The number of nitrogens with one attached hydrogen (secondary N) is 1. The first kappa shape index (κ1) is 18.0. The first-order chi connectivity index (χ1) is 12.4. The fourth-order valence-corrected chi connectivity index (χ4v) is 3.16. The number of carbonyl (C=O) groups is 1. The van der Waals surface area contributed by atoms with E-state index in [0.29, 0.717) is 11.4 Å². The summed E-state index contributed by atoms with van der Waals surface area (Å²) >= 11 is 0. The molecule has 0 heterocycles. The van der Waals surface area contributed by atoms with Crippen LogP contribution in [0, 0.1) is 0 Å².